The Morgan fingerprint density at radius 1 is 1.08 bits per heavy atom. The van der Waals surface area contributed by atoms with Gasteiger partial charge in [-0.1, -0.05) is 6.07 Å². The first-order chi connectivity index (χ1) is 17.4. The minimum atomic E-state index is -3.70. The fourth-order valence-electron chi connectivity index (χ4n) is 4.57. The van der Waals surface area contributed by atoms with Crippen molar-refractivity contribution in [2.24, 2.45) is 5.92 Å². The summed E-state index contributed by atoms with van der Waals surface area (Å²) >= 11 is 0. The second kappa shape index (κ2) is 10.5. The quantitative estimate of drug-likeness (QED) is 0.478. The number of nitrogens with zero attached hydrogens (tertiary/aromatic N) is 2. The lowest BCUT2D eigenvalue weighted by atomic mass is 9.86. The summed E-state index contributed by atoms with van der Waals surface area (Å²) in [6.45, 7) is 3.02. The van der Waals surface area contributed by atoms with E-state index in [9.17, 15) is 13.2 Å². The number of fused-ring (bicyclic) bond motifs is 1. The molecule has 5 rings (SSSR count). The molecule has 1 aromatic carbocycles. The first kappa shape index (κ1) is 24.6. The Morgan fingerprint density at radius 3 is 2.58 bits per heavy atom. The smallest absolute Gasteiger partial charge is 0.240 e. The van der Waals surface area contributed by atoms with Crippen molar-refractivity contribution in [3.63, 3.8) is 0 Å². The zero-order chi connectivity index (χ0) is 25.1. The number of carbonyl (C=O) groups is 1. The Hall–Kier alpha value is -3.08. The summed E-state index contributed by atoms with van der Waals surface area (Å²) in [5.74, 6) is 0.357. The number of aromatic nitrogens is 2. The summed E-state index contributed by atoms with van der Waals surface area (Å²) in [7, 11) is -3.70. The van der Waals surface area contributed by atoms with Crippen LogP contribution in [-0.4, -0.2) is 49.7 Å². The van der Waals surface area contributed by atoms with Crippen LogP contribution in [0.4, 0.5) is 0 Å². The summed E-state index contributed by atoms with van der Waals surface area (Å²) in [5, 5.41) is 3.75. The second-order valence-electron chi connectivity index (χ2n) is 9.44. The molecule has 0 spiro atoms. The average Bonchev–Trinajstić information content (AvgIpc) is 2.86. The third-order valence-electron chi connectivity index (χ3n) is 6.75. The summed E-state index contributed by atoms with van der Waals surface area (Å²) in [5.41, 5.74) is 1.48. The van der Waals surface area contributed by atoms with Crippen LogP contribution in [0.1, 0.15) is 44.3 Å². The van der Waals surface area contributed by atoms with Gasteiger partial charge in [0.1, 0.15) is 6.10 Å². The maximum absolute atomic E-state index is 13.1. The average molecular weight is 511 g/mol. The maximum Gasteiger partial charge on any atom is 0.240 e. The molecule has 3 heterocycles. The fraction of sp³-hybridized carbons (Fsp3) is 0.423. The van der Waals surface area contributed by atoms with Gasteiger partial charge in [-0.25, -0.2) is 18.1 Å². The normalized spacial score (nSPS) is 21.5. The van der Waals surface area contributed by atoms with E-state index in [1.54, 1.807) is 30.5 Å². The van der Waals surface area contributed by atoms with Gasteiger partial charge in [-0.05, 0) is 69.0 Å². The Balaban J connectivity index is 1.16. The molecule has 2 aliphatic rings. The van der Waals surface area contributed by atoms with Crippen LogP contribution in [0.5, 0.6) is 5.88 Å². The van der Waals surface area contributed by atoms with Gasteiger partial charge in [0.25, 0.3) is 0 Å². The van der Waals surface area contributed by atoms with Crippen LogP contribution in [-0.2, 0) is 19.6 Å². The van der Waals surface area contributed by atoms with Gasteiger partial charge < -0.3 is 14.8 Å². The molecule has 1 atom stereocenters. The number of ether oxygens (including phenoxy) is 2. The van der Waals surface area contributed by atoms with Crippen molar-refractivity contribution in [1.29, 1.82) is 0 Å². The van der Waals surface area contributed by atoms with Crippen LogP contribution in [0.2, 0.25) is 0 Å². The highest BCUT2D eigenvalue weighted by atomic mass is 32.2. The molecule has 0 unspecified atom stereocenters. The molecule has 9 nitrogen and oxygen atoms in total. The molecule has 10 heteroatoms. The molecule has 0 radical (unpaired) electrons. The number of rotatable bonds is 8. The molecule has 1 aliphatic carbocycles. The van der Waals surface area contributed by atoms with Crippen molar-refractivity contribution >= 4 is 26.8 Å². The minimum absolute atomic E-state index is 0.00956. The monoisotopic (exact) mass is 510 g/mol. The summed E-state index contributed by atoms with van der Waals surface area (Å²) < 4.78 is 39.8. The molecule has 36 heavy (non-hydrogen) atoms. The topological polar surface area (TPSA) is 120 Å². The zero-order valence-electron chi connectivity index (χ0n) is 20.1. The number of hydrogen-bond acceptors (Lipinski definition) is 7. The van der Waals surface area contributed by atoms with Crippen LogP contribution < -0.4 is 14.8 Å². The van der Waals surface area contributed by atoms with Gasteiger partial charge in [-0.15, -0.1) is 0 Å². The standard InChI is InChI=1S/C26H30N4O5S/c1-17(23-4-2-3-13-27-23)28-26(31)18-5-8-20(9-6-18)30-36(32,33)22-10-11-24-19(14-22)7-12-25(29-24)35-21-15-34-16-21/h2-4,7,10-14,17-18,20-21,30H,5-6,8-9,15-16H2,1H3,(H,28,31)/t17-,18-,20-/m1/s1. The molecule has 2 aromatic heterocycles. The third-order valence-corrected chi connectivity index (χ3v) is 8.27. The first-order valence-corrected chi connectivity index (χ1v) is 13.7. The molecule has 3 aromatic rings. The summed E-state index contributed by atoms with van der Waals surface area (Å²) in [6, 6.07) is 13.7. The second-order valence-corrected chi connectivity index (χ2v) is 11.2. The molecular weight excluding hydrogens is 480 g/mol. The Labute approximate surface area is 210 Å². The lowest BCUT2D eigenvalue weighted by molar-refractivity contribution is -0.126. The predicted octanol–water partition coefficient (Wildman–Crippen LogP) is 3.12. The highest BCUT2D eigenvalue weighted by Crippen LogP contribution is 2.27. The number of nitrogens with one attached hydrogen (secondary N) is 2. The number of benzene rings is 1. The van der Waals surface area contributed by atoms with Gasteiger partial charge in [-0.2, -0.15) is 0 Å². The van der Waals surface area contributed by atoms with Crippen molar-refractivity contribution in [3.05, 3.63) is 60.4 Å². The number of carbonyl (C=O) groups excluding carboxylic acids is 1. The van der Waals surface area contributed by atoms with Crippen molar-refractivity contribution in [3.8, 4) is 5.88 Å². The van der Waals surface area contributed by atoms with Gasteiger partial charge in [-0.3, -0.25) is 9.78 Å². The summed E-state index contributed by atoms with van der Waals surface area (Å²) in [4.78, 5) is 21.7. The van der Waals surface area contributed by atoms with Gasteiger partial charge in [0.2, 0.25) is 21.8 Å². The van der Waals surface area contributed by atoms with Crippen LogP contribution in [0.15, 0.2) is 59.6 Å². The first-order valence-electron chi connectivity index (χ1n) is 12.3. The molecule has 0 bridgehead atoms. The van der Waals surface area contributed by atoms with E-state index in [0.29, 0.717) is 50.3 Å². The van der Waals surface area contributed by atoms with E-state index in [1.165, 1.54) is 0 Å². The molecule has 1 amide bonds. The molecule has 190 valence electrons. The molecule has 1 aliphatic heterocycles. The Bertz CT molecular complexity index is 1320. The largest absolute Gasteiger partial charge is 0.469 e. The van der Waals surface area contributed by atoms with Crippen LogP contribution in [0.3, 0.4) is 0 Å². The number of sulfonamides is 1. The molecule has 2 N–H and O–H groups in total. The van der Waals surface area contributed by atoms with Crippen LogP contribution >= 0.6 is 0 Å². The minimum Gasteiger partial charge on any atom is -0.469 e. The van der Waals surface area contributed by atoms with E-state index in [4.69, 9.17) is 9.47 Å². The van der Waals surface area contributed by atoms with Gasteiger partial charge in [0.05, 0.1) is 35.4 Å². The van der Waals surface area contributed by atoms with E-state index < -0.39 is 10.0 Å². The Kier molecular flexibility index (Phi) is 7.17. The van der Waals surface area contributed by atoms with Crippen molar-refractivity contribution in [2.75, 3.05) is 13.2 Å². The van der Waals surface area contributed by atoms with E-state index >= 15 is 0 Å². The van der Waals surface area contributed by atoms with Gasteiger partial charge >= 0.3 is 0 Å². The lowest BCUT2D eigenvalue weighted by Crippen LogP contribution is -2.41. The maximum atomic E-state index is 13.1. The Morgan fingerprint density at radius 2 is 1.89 bits per heavy atom. The molecule has 1 saturated carbocycles. The number of amides is 1. The van der Waals surface area contributed by atoms with Crippen LogP contribution in [0, 0.1) is 5.92 Å². The predicted molar refractivity (Wildman–Crippen MR) is 134 cm³/mol. The molecule has 2 fully saturated rings. The van der Waals surface area contributed by atoms with Gasteiger partial charge in [0.15, 0.2) is 0 Å². The zero-order valence-corrected chi connectivity index (χ0v) is 20.9. The van der Waals surface area contributed by atoms with E-state index in [-0.39, 0.29) is 34.9 Å². The van der Waals surface area contributed by atoms with Crippen molar-refractivity contribution in [2.45, 2.75) is 55.7 Å². The third kappa shape index (κ3) is 5.66. The van der Waals surface area contributed by atoms with E-state index in [1.807, 2.05) is 31.2 Å². The highest BCUT2D eigenvalue weighted by molar-refractivity contribution is 7.89. The fourth-order valence-corrected chi connectivity index (χ4v) is 5.91. The van der Waals surface area contributed by atoms with Crippen molar-refractivity contribution in [1.82, 2.24) is 20.0 Å². The molecular formula is C26H30N4O5S. The van der Waals surface area contributed by atoms with Gasteiger partial charge in [0, 0.05) is 29.6 Å². The lowest BCUT2D eigenvalue weighted by Gasteiger charge is -2.29. The molecule has 1 saturated heterocycles. The highest BCUT2D eigenvalue weighted by Gasteiger charge is 2.30. The number of hydrogen-bond donors (Lipinski definition) is 2. The van der Waals surface area contributed by atoms with E-state index in [0.717, 1.165) is 11.1 Å². The van der Waals surface area contributed by atoms with E-state index in [2.05, 4.69) is 20.0 Å². The van der Waals surface area contributed by atoms with Crippen LogP contribution in [0.25, 0.3) is 10.9 Å². The van der Waals surface area contributed by atoms with Crippen molar-refractivity contribution < 1.29 is 22.7 Å². The number of pyridine rings is 2. The summed E-state index contributed by atoms with van der Waals surface area (Å²) in [6.07, 6.45) is 4.20. The SMILES string of the molecule is C[C@@H](NC(=O)[C@H]1CC[C@H](NS(=O)(=O)c2ccc3nc(OC4COC4)ccc3c2)CC1)c1ccccn1.